The van der Waals surface area contributed by atoms with Crippen LogP contribution in [-0.2, 0) is 35.3 Å². The summed E-state index contributed by atoms with van der Waals surface area (Å²) in [4.78, 5) is 62.4. The van der Waals surface area contributed by atoms with Crippen LogP contribution in [0.3, 0.4) is 0 Å². The molecule has 3 amide bonds. The van der Waals surface area contributed by atoms with Crippen molar-refractivity contribution in [1.82, 2.24) is 10.2 Å². The number of benzene rings is 1. The van der Waals surface area contributed by atoms with Gasteiger partial charge in [0.1, 0.15) is 31.4 Å². The Bertz CT molecular complexity index is 848. The Morgan fingerprint density at radius 2 is 1.70 bits per heavy atom. The minimum absolute atomic E-state index is 0.0572. The number of rotatable bonds is 12. The summed E-state index contributed by atoms with van der Waals surface area (Å²) in [5.74, 6) is -4.42. The molecular formula is C22H30FN3O7. The molecule has 0 aromatic heterocycles. The number of nitrogens with one attached hydrogen (secondary N) is 1. The maximum atomic E-state index is 13.4. The van der Waals surface area contributed by atoms with E-state index in [2.05, 4.69) is 10.1 Å². The van der Waals surface area contributed by atoms with Crippen LogP contribution in [0.15, 0.2) is 30.3 Å². The second-order valence-electron chi connectivity index (χ2n) is 7.65. The molecule has 0 saturated heterocycles. The molecule has 0 unspecified atom stereocenters. The van der Waals surface area contributed by atoms with Crippen LogP contribution in [0.25, 0.3) is 0 Å². The van der Waals surface area contributed by atoms with Gasteiger partial charge in [-0.25, -0.2) is 9.18 Å². The average Bonchev–Trinajstić information content (AvgIpc) is 2.80. The standard InChI is InChI=1S/C22H30FN3O7/c1-13(2)19(25-22(31)33-12-15-8-6-5-7-9-15)21(30)26(14(3)20(24)29)16(17(27)11-23)10-18(28)32-4/h5-9,13-14,16,19H,10-12H2,1-4H3,(H2,24,29)(H,25,31)/t14-,16-,19-/m0/s1. The van der Waals surface area contributed by atoms with Gasteiger partial charge in [0.15, 0.2) is 5.78 Å². The van der Waals surface area contributed by atoms with Crippen LogP contribution in [-0.4, -0.2) is 66.5 Å². The number of primary amides is 1. The van der Waals surface area contributed by atoms with Crippen molar-refractivity contribution in [1.29, 1.82) is 0 Å². The second kappa shape index (κ2) is 13.1. The molecule has 0 aliphatic rings. The number of ketones is 1. The van der Waals surface area contributed by atoms with Crippen molar-refractivity contribution < 1.29 is 37.8 Å². The number of amides is 3. The smallest absolute Gasteiger partial charge is 0.408 e. The molecule has 1 rings (SSSR count). The van der Waals surface area contributed by atoms with Gasteiger partial charge in [-0.3, -0.25) is 19.2 Å². The number of hydrogen-bond acceptors (Lipinski definition) is 7. The molecule has 1 aromatic carbocycles. The number of carbonyl (C=O) groups excluding carboxylic acids is 5. The monoisotopic (exact) mass is 467 g/mol. The number of nitrogens with two attached hydrogens (primary N) is 1. The van der Waals surface area contributed by atoms with E-state index in [4.69, 9.17) is 10.5 Å². The topological polar surface area (TPSA) is 145 Å². The van der Waals surface area contributed by atoms with Crippen molar-refractivity contribution in [2.24, 2.45) is 11.7 Å². The average molecular weight is 467 g/mol. The molecular weight excluding hydrogens is 437 g/mol. The van der Waals surface area contributed by atoms with Crippen molar-refractivity contribution in [3.63, 3.8) is 0 Å². The van der Waals surface area contributed by atoms with Gasteiger partial charge in [0, 0.05) is 0 Å². The maximum Gasteiger partial charge on any atom is 0.408 e. The zero-order chi connectivity index (χ0) is 25.1. The van der Waals surface area contributed by atoms with Crippen LogP contribution >= 0.6 is 0 Å². The Balaban J connectivity index is 3.17. The van der Waals surface area contributed by atoms with Gasteiger partial charge >= 0.3 is 12.1 Å². The fourth-order valence-electron chi connectivity index (χ4n) is 3.01. The molecule has 0 bridgehead atoms. The summed E-state index contributed by atoms with van der Waals surface area (Å²) in [7, 11) is 1.06. The molecule has 1 aromatic rings. The highest BCUT2D eigenvalue weighted by atomic mass is 19.1. The summed E-state index contributed by atoms with van der Waals surface area (Å²) in [5.41, 5.74) is 6.06. The quantitative estimate of drug-likeness (QED) is 0.438. The molecule has 0 aliphatic carbocycles. The number of esters is 1. The van der Waals surface area contributed by atoms with E-state index in [1.165, 1.54) is 6.92 Å². The minimum atomic E-state index is -1.65. The lowest BCUT2D eigenvalue weighted by atomic mass is 9.98. The third-order valence-corrected chi connectivity index (χ3v) is 4.93. The summed E-state index contributed by atoms with van der Waals surface area (Å²) in [5, 5.41) is 2.41. The molecule has 0 aliphatic heterocycles. The number of nitrogens with zero attached hydrogens (tertiary/aromatic N) is 1. The molecule has 0 fully saturated rings. The molecule has 10 nitrogen and oxygen atoms in total. The fourth-order valence-corrected chi connectivity index (χ4v) is 3.01. The van der Waals surface area contributed by atoms with E-state index in [0.29, 0.717) is 0 Å². The van der Waals surface area contributed by atoms with Crippen molar-refractivity contribution in [3.05, 3.63) is 35.9 Å². The summed E-state index contributed by atoms with van der Waals surface area (Å²) < 4.78 is 22.9. The first kappa shape index (κ1) is 27.5. The third kappa shape index (κ3) is 8.17. The Morgan fingerprint density at radius 1 is 1.09 bits per heavy atom. The molecule has 0 spiro atoms. The largest absolute Gasteiger partial charge is 0.469 e. The van der Waals surface area contributed by atoms with E-state index in [1.54, 1.807) is 44.2 Å². The van der Waals surface area contributed by atoms with Gasteiger partial charge in [-0.1, -0.05) is 44.2 Å². The van der Waals surface area contributed by atoms with Gasteiger partial charge in [0.05, 0.1) is 13.5 Å². The fraction of sp³-hybridized carbons (Fsp3) is 0.500. The normalized spacial score (nSPS) is 13.4. The Hall–Kier alpha value is -3.50. The number of Topliss-reactive ketones (excluding diaryl/α,β-unsaturated/α-hetero) is 1. The molecule has 3 N–H and O–H groups in total. The summed E-state index contributed by atoms with van der Waals surface area (Å²) in [6.45, 7) is 2.91. The second-order valence-corrected chi connectivity index (χ2v) is 7.65. The first-order chi connectivity index (χ1) is 15.5. The number of halogens is 1. The lowest BCUT2D eigenvalue weighted by Gasteiger charge is -2.37. The number of alkyl carbamates (subject to hydrolysis) is 1. The summed E-state index contributed by atoms with van der Waals surface area (Å²) >= 11 is 0. The van der Waals surface area contributed by atoms with E-state index < -0.39 is 66.8 Å². The number of carbonyl (C=O) groups is 5. The van der Waals surface area contributed by atoms with Gasteiger partial charge in [-0.2, -0.15) is 0 Å². The van der Waals surface area contributed by atoms with Crippen LogP contribution in [0.5, 0.6) is 0 Å². The number of ether oxygens (including phenoxy) is 2. The van der Waals surface area contributed by atoms with Crippen LogP contribution < -0.4 is 11.1 Å². The molecule has 182 valence electrons. The molecule has 0 saturated carbocycles. The first-order valence-electron chi connectivity index (χ1n) is 10.3. The minimum Gasteiger partial charge on any atom is -0.469 e. The molecule has 0 radical (unpaired) electrons. The zero-order valence-corrected chi connectivity index (χ0v) is 19.1. The Morgan fingerprint density at radius 3 is 2.18 bits per heavy atom. The maximum absolute atomic E-state index is 13.4. The molecule has 0 heterocycles. The van der Waals surface area contributed by atoms with Gasteiger partial charge in [0.25, 0.3) is 0 Å². The number of hydrogen-bond donors (Lipinski definition) is 2. The van der Waals surface area contributed by atoms with E-state index >= 15 is 0 Å². The van der Waals surface area contributed by atoms with E-state index in [0.717, 1.165) is 17.6 Å². The number of alkyl halides is 1. The predicted molar refractivity (Wildman–Crippen MR) is 115 cm³/mol. The Labute approximate surface area is 191 Å². The SMILES string of the molecule is COC(=O)C[C@@H](C(=O)CF)N(C(=O)[C@@H](NC(=O)OCc1ccccc1)C(C)C)[C@@H](C)C(N)=O. The first-order valence-corrected chi connectivity index (χ1v) is 10.3. The lowest BCUT2D eigenvalue weighted by Crippen LogP contribution is -2.61. The molecule has 3 atom stereocenters. The van der Waals surface area contributed by atoms with Crippen LogP contribution in [0.1, 0.15) is 32.8 Å². The number of methoxy groups -OCH3 is 1. The van der Waals surface area contributed by atoms with E-state index in [1.807, 2.05) is 0 Å². The highest BCUT2D eigenvalue weighted by molar-refractivity contribution is 5.97. The van der Waals surface area contributed by atoms with Crippen molar-refractivity contribution >= 4 is 29.7 Å². The molecule has 33 heavy (non-hydrogen) atoms. The van der Waals surface area contributed by atoms with Gasteiger partial charge in [-0.05, 0) is 18.4 Å². The molecule has 11 heteroatoms. The van der Waals surface area contributed by atoms with E-state index in [9.17, 15) is 28.4 Å². The van der Waals surface area contributed by atoms with Crippen LogP contribution in [0.4, 0.5) is 9.18 Å². The predicted octanol–water partition coefficient (Wildman–Crippen LogP) is 1.11. The van der Waals surface area contributed by atoms with Gasteiger partial charge < -0.3 is 25.4 Å². The highest BCUT2D eigenvalue weighted by Crippen LogP contribution is 2.18. The summed E-state index contributed by atoms with van der Waals surface area (Å²) in [6, 6.07) is 4.53. The lowest BCUT2D eigenvalue weighted by molar-refractivity contribution is -0.153. The highest BCUT2D eigenvalue weighted by Gasteiger charge is 2.41. The van der Waals surface area contributed by atoms with E-state index in [-0.39, 0.29) is 6.61 Å². The van der Waals surface area contributed by atoms with Crippen molar-refractivity contribution in [3.8, 4) is 0 Å². The van der Waals surface area contributed by atoms with Crippen LogP contribution in [0.2, 0.25) is 0 Å². The zero-order valence-electron chi connectivity index (χ0n) is 19.1. The van der Waals surface area contributed by atoms with Crippen molar-refractivity contribution in [2.75, 3.05) is 13.8 Å². The Kier molecular flexibility index (Phi) is 11.0. The van der Waals surface area contributed by atoms with Crippen LogP contribution in [0, 0.1) is 5.92 Å². The summed E-state index contributed by atoms with van der Waals surface area (Å²) in [6.07, 6.45) is -1.61. The van der Waals surface area contributed by atoms with Crippen molar-refractivity contribution in [2.45, 2.75) is 51.9 Å². The third-order valence-electron chi connectivity index (χ3n) is 4.93. The van der Waals surface area contributed by atoms with Gasteiger partial charge in [-0.15, -0.1) is 0 Å². The van der Waals surface area contributed by atoms with Gasteiger partial charge in [0.2, 0.25) is 11.8 Å².